The first-order valence-electron chi connectivity index (χ1n) is 5.99. The summed E-state index contributed by atoms with van der Waals surface area (Å²) in [6, 6.07) is 0. The van der Waals surface area contributed by atoms with E-state index in [4.69, 9.17) is 5.73 Å². The Labute approximate surface area is 109 Å². The van der Waals surface area contributed by atoms with Gasteiger partial charge in [0.1, 0.15) is 0 Å². The molecule has 0 aromatic rings. The summed E-state index contributed by atoms with van der Waals surface area (Å²) in [6.45, 7) is 6.16. The summed E-state index contributed by atoms with van der Waals surface area (Å²) >= 11 is 0. The third-order valence-corrected chi connectivity index (χ3v) is 4.02. The van der Waals surface area contributed by atoms with E-state index in [0.29, 0.717) is 6.54 Å². The van der Waals surface area contributed by atoms with Crippen LogP contribution >= 0.6 is 0 Å². The molecule has 0 heterocycles. The molecule has 0 atom stereocenters. The van der Waals surface area contributed by atoms with Gasteiger partial charge in [0.25, 0.3) is 0 Å². The smallest absolute Gasteiger partial charge is 0.421 e. The quantitative estimate of drug-likeness (QED) is 0.594. The topological polar surface area (TPSA) is 111 Å². The average Bonchev–Trinajstić information content (AvgIpc) is 2.31. The fraction of sp³-hybridized carbons (Fsp3) is 0.900. The summed E-state index contributed by atoms with van der Waals surface area (Å²) in [6.07, 6.45) is 0.514. The molecule has 0 saturated carbocycles. The molecule has 18 heavy (non-hydrogen) atoms. The second-order valence-corrected chi connectivity index (χ2v) is 5.56. The highest BCUT2D eigenvalue weighted by Crippen LogP contribution is 2.23. The van der Waals surface area contributed by atoms with Crippen LogP contribution in [-0.2, 0) is 14.9 Å². The van der Waals surface area contributed by atoms with E-state index >= 15 is 0 Å². The standard InChI is InChI=1S/C10H23N3O4S/c1-4-10(5-2,7-11)8-12-18(15,16)13-9(14)17-6-3/h12H,4-8,11H2,1-3H3,(H,13,14). The van der Waals surface area contributed by atoms with E-state index in [1.54, 1.807) is 11.6 Å². The van der Waals surface area contributed by atoms with Gasteiger partial charge in [-0.2, -0.15) is 13.1 Å². The molecule has 0 aromatic heterocycles. The highest BCUT2D eigenvalue weighted by atomic mass is 32.2. The molecule has 0 aliphatic carbocycles. The van der Waals surface area contributed by atoms with Gasteiger partial charge in [0.05, 0.1) is 6.61 Å². The summed E-state index contributed by atoms with van der Waals surface area (Å²) in [5.74, 6) is 0. The first kappa shape index (κ1) is 17.1. The number of amides is 1. The van der Waals surface area contributed by atoms with Gasteiger partial charge < -0.3 is 10.5 Å². The minimum absolute atomic E-state index is 0.109. The number of rotatable bonds is 8. The number of carbonyl (C=O) groups excluding carboxylic acids is 1. The van der Waals surface area contributed by atoms with Crippen LogP contribution in [0.15, 0.2) is 0 Å². The molecule has 108 valence electrons. The lowest BCUT2D eigenvalue weighted by Gasteiger charge is -2.30. The second kappa shape index (κ2) is 7.55. The van der Waals surface area contributed by atoms with E-state index in [9.17, 15) is 13.2 Å². The van der Waals surface area contributed by atoms with Crippen LogP contribution in [-0.4, -0.2) is 34.2 Å². The first-order valence-corrected chi connectivity index (χ1v) is 7.47. The Kier molecular flexibility index (Phi) is 7.19. The number of hydrogen-bond acceptors (Lipinski definition) is 5. The van der Waals surface area contributed by atoms with Crippen LogP contribution < -0.4 is 15.2 Å². The fourth-order valence-corrected chi connectivity index (χ4v) is 2.26. The molecule has 0 saturated heterocycles. The zero-order valence-corrected chi connectivity index (χ0v) is 12.0. The molecular weight excluding hydrogens is 258 g/mol. The van der Waals surface area contributed by atoms with Crippen molar-refractivity contribution in [3.63, 3.8) is 0 Å². The fourth-order valence-electron chi connectivity index (χ4n) is 1.42. The maximum atomic E-state index is 11.5. The molecule has 0 radical (unpaired) electrons. The van der Waals surface area contributed by atoms with Crippen LogP contribution in [0.25, 0.3) is 0 Å². The summed E-state index contributed by atoms with van der Waals surface area (Å²) in [4.78, 5) is 11.0. The number of ether oxygens (including phenoxy) is 1. The zero-order valence-electron chi connectivity index (χ0n) is 11.2. The van der Waals surface area contributed by atoms with Crippen molar-refractivity contribution in [2.24, 2.45) is 11.1 Å². The Bertz CT molecular complexity index is 344. The molecule has 0 fully saturated rings. The number of nitrogens with two attached hydrogens (primary N) is 1. The highest BCUT2D eigenvalue weighted by Gasteiger charge is 2.27. The molecular formula is C10H23N3O4S. The zero-order chi connectivity index (χ0) is 14.2. The van der Waals surface area contributed by atoms with Crippen molar-refractivity contribution in [1.29, 1.82) is 0 Å². The van der Waals surface area contributed by atoms with E-state index in [-0.39, 0.29) is 18.6 Å². The van der Waals surface area contributed by atoms with Crippen molar-refractivity contribution in [2.75, 3.05) is 19.7 Å². The molecule has 7 nitrogen and oxygen atoms in total. The lowest BCUT2D eigenvalue weighted by molar-refractivity contribution is 0.158. The van der Waals surface area contributed by atoms with Crippen molar-refractivity contribution in [3.8, 4) is 0 Å². The van der Waals surface area contributed by atoms with Gasteiger partial charge in [-0.15, -0.1) is 0 Å². The van der Waals surface area contributed by atoms with E-state index < -0.39 is 16.3 Å². The third-order valence-electron chi connectivity index (χ3n) is 3.06. The van der Waals surface area contributed by atoms with Crippen molar-refractivity contribution >= 4 is 16.3 Å². The van der Waals surface area contributed by atoms with Gasteiger partial charge in [0.15, 0.2) is 0 Å². The van der Waals surface area contributed by atoms with Crippen molar-refractivity contribution in [2.45, 2.75) is 33.6 Å². The predicted molar refractivity (Wildman–Crippen MR) is 69.1 cm³/mol. The van der Waals surface area contributed by atoms with Crippen molar-refractivity contribution < 1.29 is 17.9 Å². The van der Waals surface area contributed by atoms with Gasteiger partial charge in [0.2, 0.25) is 0 Å². The van der Waals surface area contributed by atoms with Gasteiger partial charge in [-0.25, -0.2) is 9.52 Å². The van der Waals surface area contributed by atoms with E-state index in [1.165, 1.54) is 0 Å². The van der Waals surface area contributed by atoms with Crippen LogP contribution in [0, 0.1) is 5.41 Å². The predicted octanol–water partition coefficient (Wildman–Crippen LogP) is 0.332. The summed E-state index contributed by atoms with van der Waals surface area (Å²) < 4.78 is 31.7. The molecule has 0 spiro atoms. The third kappa shape index (κ3) is 5.65. The molecule has 0 aromatic carbocycles. The Balaban J connectivity index is 4.46. The maximum Gasteiger partial charge on any atom is 0.421 e. The van der Waals surface area contributed by atoms with Gasteiger partial charge in [-0.1, -0.05) is 13.8 Å². The van der Waals surface area contributed by atoms with Crippen molar-refractivity contribution in [1.82, 2.24) is 9.44 Å². The van der Waals surface area contributed by atoms with Crippen LogP contribution in [0.1, 0.15) is 33.6 Å². The van der Waals surface area contributed by atoms with Crippen LogP contribution in [0.2, 0.25) is 0 Å². The molecule has 1 amide bonds. The molecule has 0 unspecified atom stereocenters. The Morgan fingerprint density at radius 1 is 1.28 bits per heavy atom. The summed E-state index contributed by atoms with van der Waals surface area (Å²) in [5, 5.41) is 0. The largest absolute Gasteiger partial charge is 0.449 e. The molecule has 8 heteroatoms. The van der Waals surface area contributed by atoms with Crippen LogP contribution in [0.5, 0.6) is 0 Å². The van der Waals surface area contributed by atoms with E-state index in [1.807, 2.05) is 13.8 Å². The number of hydrogen-bond donors (Lipinski definition) is 3. The minimum Gasteiger partial charge on any atom is -0.449 e. The Morgan fingerprint density at radius 3 is 2.22 bits per heavy atom. The molecule has 0 rings (SSSR count). The normalized spacial score (nSPS) is 12.2. The number of carbonyl (C=O) groups is 1. The molecule has 0 aliphatic heterocycles. The monoisotopic (exact) mass is 281 g/mol. The average molecular weight is 281 g/mol. The molecule has 4 N–H and O–H groups in total. The molecule has 0 bridgehead atoms. The number of nitrogens with one attached hydrogen (secondary N) is 2. The van der Waals surface area contributed by atoms with E-state index in [2.05, 4.69) is 9.46 Å². The SMILES string of the molecule is CCOC(=O)NS(=O)(=O)NCC(CC)(CC)CN. The van der Waals surface area contributed by atoms with Gasteiger partial charge in [-0.3, -0.25) is 0 Å². The maximum absolute atomic E-state index is 11.5. The second-order valence-electron chi connectivity index (χ2n) is 4.06. The van der Waals surface area contributed by atoms with Crippen LogP contribution in [0.4, 0.5) is 4.79 Å². The van der Waals surface area contributed by atoms with Gasteiger partial charge in [0, 0.05) is 6.54 Å². The van der Waals surface area contributed by atoms with Gasteiger partial charge >= 0.3 is 16.3 Å². The van der Waals surface area contributed by atoms with E-state index in [0.717, 1.165) is 12.8 Å². The lowest BCUT2D eigenvalue weighted by Crippen LogP contribution is -2.47. The summed E-state index contributed by atoms with van der Waals surface area (Å²) in [7, 11) is -3.90. The van der Waals surface area contributed by atoms with Crippen molar-refractivity contribution in [3.05, 3.63) is 0 Å². The first-order chi connectivity index (χ1) is 8.34. The van der Waals surface area contributed by atoms with Crippen LogP contribution in [0.3, 0.4) is 0 Å². The highest BCUT2D eigenvalue weighted by molar-refractivity contribution is 7.88. The van der Waals surface area contributed by atoms with Gasteiger partial charge in [-0.05, 0) is 31.7 Å². The minimum atomic E-state index is -3.90. The Hall–Kier alpha value is -0.860. The lowest BCUT2D eigenvalue weighted by atomic mass is 9.83. The molecule has 0 aliphatic rings. The Morgan fingerprint density at radius 2 is 1.83 bits per heavy atom. The summed E-state index contributed by atoms with van der Waals surface area (Å²) in [5.41, 5.74) is 5.37.